The molecular weight excluding hydrogens is 501 g/mol. The third-order valence-corrected chi connectivity index (χ3v) is 6.66. The van der Waals surface area contributed by atoms with Crippen molar-refractivity contribution in [1.82, 2.24) is 20.3 Å². The van der Waals surface area contributed by atoms with Gasteiger partial charge in [0.2, 0.25) is 11.8 Å². The van der Waals surface area contributed by atoms with Crippen molar-refractivity contribution in [1.29, 1.82) is 0 Å². The van der Waals surface area contributed by atoms with Crippen molar-refractivity contribution >= 4 is 28.5 Å². The molecule has 3 aromatic carbocycles. The van der Waals surface area contributed by atoms with Gasteiger partial charge in [-0.1, -0.05) is 36.4 Å². The number of amides is 2. The lowest BCUT2D eigenvalue weighted by atomic mass is 9.98. The highest BCUT2D eigenvalue weighted by Crippen LogP contribution is 2.36. The Labute approximate surface area is 226 Å². The van der Waals surface area contributed by atoms with Gasteiger partial charge >= 0.3 is 0 Å². The van der Waals surface area contributed by atoms with Crippen LogP contribution in [0.2, 0.25) is 0 Å². The molecule has 0 spiro atoms. The minimum atomic E-state index is -1.13. The number of rotatable bonds is 10. The van der Waals surface area contributed by atoms with E-state index >= 15 is 0 Å². The number of nitrogens with zero attached hydrogens (tertiary/aromatic N) is 4. The van der Waals surface area contributed by atoms with Crippen LogP contribution in [0, 0.1) is 5.82 Å². The Balaban J connectivity index is 1.86. The Kier molecular flexibility index (Phi) is 8.13. The summed E-state index contributed by atoms with van der Waals surface area (Å²) in [5.74, 6) is -0.460. The fraction of sp³-hybridized carbons (Fsp3) is 0.310. The van der Waals surface area contributed by atoms with Crippen molar-refractivity contribution in [3.8, 4) is 11.5 Å². The molecule has 2 amide bonds. The minimum absolute atomic E-state index is 0.197. The number of halogens is 1. The number of anilines is 1. The highest BCUT2D eigenvalue weighted by molar-refractivity contribution is 6.02. The first kappa shape index (κ1) is 27.6. The molecule has 0 saturated heterocycles. The molecule has 0 radical (unpaired) electrons. The van der Waals surface area contributed by atoms with Crippen molar-refractivity contribution in [3.63, 3.8) is 0 Å². The van der Waals surface area contributed by atoms with Crippen LogP contribution >= 0.6 is 0 Å². The fourth-order valence-corrected chi connectivity index (χ4v) is 4.20. The SMILES string of the molecule is CCC(C)(C)NC(=O)C(c1ccc(F)cc1)N(C(=O)Cn1nnc2ccccc21)c1ccc(OC)c(OC)c1. The van der Waals surface area contributed by atoms with E-state index in [4.69, 9.17) is 9.47 Å². The van der Waals surface area contributed by atoms with E-state index in [1.54, 1.807) is 24.3 Å². The smallest absolute Gasteiger partial charge is 0.249 e. The van der Waals surface area contributed by atoms with Crippen molar-refractivity contribution in [3.05, 3.63) is 78.1 Å². The first-order chi connectivity index (χ1) is 18.7. The average molecular weight is 534 g/mol. The molecule has 1 aromatic heterocycles. The maximum atomic E-state index is 14.1. The molecular formula is C29H32FN5O4. The van der Waals surface area contributed by atoms with E-state index in [0.29, 0.717) is 40.2 Å². The predicted molar refractivity (Wildman–Crippen MR) is 146 cm³/mol. The van der Waals surface area contributed by atoms with Gasteiger partial charge < -0.3 is 14.8 Å². The van der Waals surface area contributed by atoms with Crippen LogP contribution in [0.5, 0.6) is 11.5 Å². The third kappa shape index (κ3) is 6.00. The van der Waals surface area contributed by atoms with Crippen molar-refractivity contribution in [2.24, 2.45) is 0 Å². The summed E-state index contributed by atoms with van der Waals surface area (Å²) in [5.41, 5.74) is 1.59. The van der Waals surface area contributed by atoms with Crippen molar-refractivity contribution < 1.29 is 23.5 Å². The van der Waals surface area contributed by atoms with E-state index in [1.165, 1.54) is 48.1 Å². The monoisotopic (exact) mass is 533 g/mol. The number of hydrogen-bond acceptors (Lipinski definition) is 6. The predicted octanol–water partition coefficient (Wildman–Crippen LogP) is 4.67. The van der Waals surface area contributed by atoms with Gasteiger partial charge in [-0.15, -0.1) is 5.10 Å². The molecule has 0 aliphatic carbocycles. The number of fused-ring (bicyclic) bond motifs is 1. The second-order valence-corrected chi connectivity index (χ2v) is 9.72. The molecule has 4 aromatic rings. The summed E-state index contributed by atoms with van der Waals surface area (Å²) in [6, 6.07) is 16.7. The highest BCUT2D eigenvalue weighted by atomic mass is 19.1. The number of ether oxygens (including phenoxy) is 2. The van der Waals surface area contributed by atoms with Gasteiger partial charge in [0.25, 0.3) is 0 Å². The molecule has 10 heteroatoms. The Morgan fingerprint density at radius 1 is 1.03 bits per heavy atom. The van der Waals surface area contributed by atoms with E-state index < -0.39 is 29.2 Å². The molecule has 1 N–H and O–H groups in total. The van der Waals surface area contributed by atoms with Gasteiger partial charge in [0.15, 0.2) is 11.5 Å². The maximum absolute atomic E-state index is 14.1. The van der Waals surface area contributed by atoms with E-state index in [1.807, 2.05) is 39.0 Å². The van der Waals surface area contributed by atoms with Crippen molar-refractivity contribution in [2.45, 2.75) is 45.3 Å². The van der Waals surface area contributed by atoms with Gasteiger partial charge in [0.1, 0.15) is 23.9 Å². The first-order valence-electron chi connectivity index (χ1n) is 12.6. The Bertz CT molecular complexity index is 1470. The molecule has 39 heavy (non-hydrogen) atoms. The van der Waals surface area contributed by atoms with Crippen LogP contribution in [-0.2, 0) is 16.1 Å². The number of aromatic nitrogens is 3. The number of benzene rings is 3. The van der Waals surface area contributed by atoms with Gasteiger partial charge in [0.05, 0.1) is 19.7 Å². The molecule has 204 valence electrons. The van der Waals surface area contributed by atoms with E-state index in [-0.39, 0.29) is 6.54 Å². The minimum Gasteiger partial charge on any atom is -0.493 e. The number of methoxy groups -OCH3 is 2. The zero-order chi connectivity index (χ0) is 28.2. The standard InChI is InChI=1S/C29H32FN5O4/c1-6-29(2,3)31-28(37)27(19-11-13-20(30)14-12-19)35(21-15-16-24(38-4)25(17-21)39-5)26(36)18-34-23-10-8-7-9-22(23)32-33-34/h7-17,27H,6,18H2,1-5H3,(H,31,37). The second kappa shape index (κ2) is 11.5. The van der Waals surface area contributed by atoms with Gasteiger partial charge in [0, 0.05) is 17.3 Å². The van der Waals surface area contributed by atoms with Crippen LogP contribution in [-0.4, -0.2) is 46.6 Å². The Morgan fingerprint density at radius 3 is 2.38 bits per heavy atom. The molecule has 1 atom stereocenters. The first-order valence-corrected chi connectivity index (χ1v) is 12.6. The van der Waals surface area contributed by atoms with Gasteiger partial charge in [-0.25, -0.2) is 9.07 Å². The van der Waals surface area contributed by atoms with Crippen LogP contribution < -0.4 is 19.7 Å². The molecule has 1 heterocycles. The lowest BCUT2D eigenvalue weighted by Crippen LogP contribution is -2.51. The second-order valence-electron chi connectivity index (χ2n) is 9.72. The van der Waals surface area contributed by atoms with Crippen LogP contribution in [0.4, 0.5) is 10.1 Å². The average Bonchev–Trinajstić information content (AvgIpc) is 3.34. The highest BCUT2D eigenvalue weighted by Gasteiger charge is 2.36. The van der Waals surface area contributed by atoms with Gasteiger partial charge in [-0.3, -0.25) is 14.5 Å². The molecule has 0 aliphatic heterocycles. The zero-order valence-corrected chi connectivity index (χ0v) is 22.6. The third-order valence-electron chi connectivity index (χ3n) is 6.66. The zero-order valence-electron chi connectivity index (χ0n) is 22.6. The summed E-state index contributed by atoms with van der Waals surface area (Å²) in [4.78, 5) is 29.4. The Hall–Kier alpha value is -4.47. The maximum Gasteiger partial charge on any atom is 0.249 e. The lowest BCUT2D eigenvalue weighted by molar-refractivity contribution is -0.128. The summed E-state index contributed by atoms with van der Waals surface area (Å²) in [7, 11) is 3.00. The molecule has 9 nitrogen and oxygen atoms in total. The number of para-hydroxylation sites is 1. The summed E-state index contributed by atoms with van der Waals surface area (Å²) < 4.78 is 26.3. The largest absolute Gasteiger partial charge is 0.493 e. The van der Waals surface area contributed by atoms with E-state index in [0.717, 1.165) is 0 Å². The van der Waals surface area contributed by atoms with Gasteiger partial charge in [-0.05, 0) is 62.2 Å². The molecule has 4 rings (SSSR count). The van der Waals surface area contributed by atoms with E-state index in [2.05, 4.69) is 15.6 Å². The molecule has 0 bridgehead atoms. The number of hydrogen-bond donors (Lipinski definition) is 1. The molecule has 0 fully saturated rings. The number of carbonyl (C=O) groups excluding carboxylic acids is 2. The summed E-state index contributed by atoms with van der Waals surface area (Å²) in [5, 5.41) is 11.4. The van der Waals surface area contributed by atoms with Crippen LogP contribution in [0.15, 0.2) is 66.7 Å². The molecule has 0 aliphatic rings. The van der Waals surface area contributed by atoms with Gasteiger partial charge in [-0.2, -0.15) is 0 Å². The van der Waals surface area contributed by atoms with Crippen molar-refractivity contribution in [2.75, 3.05) is 19.1 Å². The Morgan fingerprint density at radius 2 is 1.72 bits per heavy atom. The quantitative estimate of drug-likeness (QED) is 0.318. The molecule has 1 unspecified atom stereocenters. The summed E-state index contributed by atoms with van der Waals surface area (Å²) in [6.45, 7) is 5.56. The van der Waals surface area contributed by atoms with Crippen LogP contribution in [0.1, 0.15) is 38.8 Å². The summed E-state index contributed by atoms with van der Waals surface area (Å²) >= 11 is 0. The lowest BCUT2D eigenvalue weighted by Gasteiger charge is -2.35. The molecule has 0 saturated carbocycles. The van der Waals surface area contributed by atoms with E-state index in [9.17, 15) is 14.0 Å². The summed E-state index contributed by atoms with van der Waals surface area (Å²) in [6.07, 6.45) is 0.657. The number of carbonyl (C=O) groups is 2. The van der Waals surface area contributed by atoms with Crippen LogP contribution in [0.25, 0.3) is 11.0 Å². The topological polar surface area (TPSA) is 98.6 Å². The fourth-order valence-electron chi connectivity index (χ4n) is 4.20. The number of nitrogens with one attached hydrogen (secondary N) is 1. The van der Waals surface area contributed by atoms with Crippen LogP contribution in [0.3, 0.4) is 0 Å². The normalized spacial score (nSPS) is 12.2.